The van der Waals surface area contributed by atoms with E-state index in [1.807, 2.05) is 24.3 Å². The quantitative estimate of drug-likeness (QED) is 0.598. The molecule has 0 spiro atoms. The van der Waals surface area contributed by atoms with Crippen LogP contribution in [0.5, 0.6) is 5.75 Å². The number of thioether (sulfide) groups is 1. The second-order valence-corrected chi connectivity index (χ2v) is 6.90. The van der Waals surface area contributed by atoms with E-state index in [4.69, 9.17) is 22.1 Å². The van der Waals surface area contributed by atoms with Crippen molar-refractivity contribution in [2.45, 2.75) is 17.9 Å². The number of rotatable bonds is 8. The highest BCUT2D eigenvalue weighted by molar-refractivity contribution is 8.00. The molecule has 0 aromatic heterocycles. The Kier molecular flexibility index (Phi) is 7.17. The standard InChI is InChI=1S/C18H20ClN3O3S/c1-11(18(24)22-14-9-12(19)7-8-15(14)25-2)21-13-5-3-4-6-16(13)26-10-17(20)23/h3-9,11,21H,10H2,1-2H3,(H2,20,23)(H,22,24)/t11-/m0/s1. The Morgan fingerprint density at radius 3 is 2.65 bits per heavy atom. The first-order chi connectivity index (χ1) is 12.4. The Morgan fingerprint density at radius 2 is 1.96 bits per heavy atom. The van der Waals surface area contributed by atoms with Gasteiger partial charge in [0.15, 0.2) is 0 Å². The molecule has 0 heterocycles. The number of para-hydroxylation sites is 1. The Hall–Kier alpha value is -2.38. The minimum absolute atomic E-state index is 0.166. The maximum atomic E-state index is 12.5. The molecular weight excluding hydrogens is 374 g/mol. The van der Waals surface area contributed by atoms with Crippen LogP contribution >= 0.6 is 23.4 Å². The molecule has 0 fully saturated rings. The van der Waals surface area contributed by atoms with Gasteiger partial charge in [-0.3, -0.25) is 9.59 Å². The molecule has 138 valence electrons. The van der Waals surface area contributed by atoms with Crippen molar-refractivity contribution >= 4 is 46.6 Å². The zero-order valence-corrected chi connectivity index (χ0v) is 16.0. The van der Waals surface area contributed by atoms with Crippen molar-refractivity contribution in [2.75, 3.05) is 23.5 Å². The monoisotopic (exact) mass is 393 g/mol. The van der Waals surface area contributed by atoms with Crippen LogP contribution in [-0.4, -0.2) is 30.7 Å². The highest BCUT2D eigenvalue weighted by Gasteiger charge is 2.16. The molecule has 2 rings (SSSR count). The molecule has 4 N–H and O–H groups in total. The second-order valence-electron chi connectivity index (χ2n) is 5.45. The highest BCUT2D eigenvalue weighted by atomic mass is 35.5. The van der Waals surface area contributed by atoms with Crippen molar-refractivity contribution in [3.63, 3.8) is 0 Å². The summed E-state index contributed by atoms with van der Waals surface area (Å²) in [6, 6.07) is 11.9. The zero-order chi connectivity index (χ0) is 19.1. The zero-order valence-electron chi connectivity index (χ0n) is 14.4. The van der Waals surface area contributed by atoms with Gasteiger partial charge in [-0.15, -0.1) is 11.8 Å². The van der Waals surface area contributed by atoms with Gasteiger partial charge in [0.05, 0.1) is 18.6 Å². The van der Waals surface area contributed by atoms with Gasteiger partial charge in [0.2, 0.25) is 11.8 Å². The summed E-state index contributed by atoms with van der Waals surface area (Å²) in [4.78, 5) is 24.4. The molecule has 0 unspecified atom stereocenters. The lowest BCUT2D eigenvalue weighted by Gasteiger charge is -2.18. The van der Waals surface area contributed by atoms with Crippen LogP contribution in [0.2, 0.25) is 5.02 Å². The van der Waals surface area contributed by atoms with Crippen LogP contribution in [0, 0.1) is 0 Å². The Morgan fingerprint density at radius 1 is 1.23 bits per heavy atom. The highest BCUT2D eigenvalue weighted by Crippen LogP contribution is 2.29. The van der Waals surface area contributed by atoms with Gasteiger partial charge < -0.3 is 21.1 Å². The van der Waals surface area contributed by atoms with Crippen LogP contribution in [0.1, 0.15) is 6.92 Å². The third-order valence-corrected chi connectivity index (χ3v) is 4.77. The number of carbonyl (C=O) groups excluding carboxylic acids is 2. The number of amides is 2. The Bertz CT molecular complexity index is 801. The maximum absolute atomic E-state index is 12.5. The van der Waals surface area contributed by atoms with Gasteiger partial charge in [-0.05, 0) is 37.3 Å². The lowest BCUT2D eigenvalue weighted by atomic mass is 10.2. The van der Waals surface area contributed by atoms with Crippen molar-refractivity contribution < 1.29 is 14.3 Å². The Labute approximate surface area is 161 Å². The molecule has 0 aliphatic carbocycles. The average molecular weight is 394 g/mol. The number of carbonyl (C=O) groups is 2. The molecule has 2 aromatic rings. The molecule has 0 aliphatic heterocycles. The molecule has 0 bridgehead atoms. The van der Waals surface area contributed by atoms with Gasteiger partial charge in [0.1, 0.15) is 11.8 Å². The molecular formula is C18H20ClN3O3S. The first-order valence-corrected chi connectivity index (χ1v) is 9.18. The lowest BCUT2D eigenvalue weighted by Crippen LogP contribution is -2.32. The summed E-state index contributed by atoms with van der Waals surface area (Å²) in [5, 5.41) is 6.44. The largest absolute Gasteiger partial charge is 0.495 e. The van der Waals surface area contributed by atoms with Crippen LogP contribution in [0.15, 0.2) is 47.4 Å². The summed E-state index contributed by atoms with van der Waals surface area (Å²) >= 11 is 7.30. The van der Waals surface area contributed by atoms with Crippen molar-refractivity contribution in [3.05, 3.63) is 47.5 Å². The first kappa shape index (κ1) is 19.9. The van der Waals surface area contributed by atoms with Crippen LogP contribution < -0.4 is 21.1 Å². The number of nitrogens with one attached hydrogen (secondary N) is 2. The number of methoxy groups -OCH3 is 1. The third kappa shape index (κ3) is 5.57. The summed E-state index contributed by atoms with van der Waals surface area (Å²) in [5.41, 5.74) is 6.44. The van der Waals surface area contributed by atoms with E-state index in [9.17, 15) is 9.59 Å². The summed E-state index contributed by atoms with van der Waals surface area (Å²) in [6.45, 7) is 1.74. The van der Waals surface area contributed by atoms with Crippen molar-refractivity contribution in [1.29, 1.82) is 0 Å². The summed E-state index contributed by atoms with van der Waals surface area (Å²) < 4.78 is 5.23. The van der Waals surface area contributed by atoms with Gasteiger partial charge in [-0.2, -0.15) is 0 Å². The van der Waals surface area contributed by atoms with Gasteiger partial charge in [0.25, 0.3) is 0 Å². The average Bonchev–Trinajstić information content (AvgIpc) is 2.61. The topological polar surface area (TPSA) is 93.4 Å². The smallest absolute Gasteiger partial charge is 0.246 e. The predicted molar refractivity (Wildman–Crippen MR) is 106 cm³/mol. The summed E-state index contributed by atoms with van der Waals surface area (Å²) in [7, 11) is 1.52. The number of ether oxygens (including phenoxy) is 1. The number of hydrogen-bond donors (Lipinski definition) is 3. The Balaban J connectivity index is 2.08. The number of benzene rings is 2. The van der Waals surface area contributed by atoms with Gasteiger partial charge in [-0.25, -0.2) is 0 Å². The van der Waals surface area contributed by atoms with Crippen LogP contribution in [0.3, 0.4) is 0 Å². The molecule has 1 atom stereocenters. The fourth-order valence-corrected chi connectivity index (χ4v) is 3.11. The van der Waals surface area contributed by atoms with E-state index >= 15 is 0 Å². The van der Waals surface area contributed by atoms with E-state index < -0.39 is 11.9 Å². The van der Waals surface area contributed by atoms with Crippen molar-refractivity contribution in [3.8, 4) is 5.75 Å². The molecule has 0 saturated heterocycles. The first-order valence-electron chi connectivity index (χ1n) is 7.81. The third-order valence-electron chi connectivity index (χ3n) is 3.44. The van der Waals surface area contributed by atoms with Crippen molar-refractivity contribution in [1.82, 2.24) is 0 Å². The fraction of sp³-hybridized carbons (Fsp3) is 0.222. The molecule has 26 heavy (non-hydrogen) atoms. The van der Waals surface area contributed by atoms with Crippen LogP contribution in [0.4, 0.5) is 11.4 Å². The number of anilines is 2. The number of primary amides is 1. The van der Waals surface area contributed by atoms with Gasteiger partial charge >= 0.3 is 0 Å². The second kappa shape index (κ2) is 9.35. The number of halogens is 1. The van der Waals surface area contributed by atoms with E-state index in [-0.39, 0.29) is 11.7 Å². The molecule has 6 nitrogen and oxygen atoms in total. The molecule has 8 heteroatoms. The minimum atomic E-state index is -0.533. The summed E-state index contributed by atoms with van der Waals surface area (Å²) in [6.07, 6.45) is 0. The molecule has 0 aliphatic rings. The molecule has 0 saturated carbocycles. The minimum Gasteiger partial charge on any atom is -0.495 e. The van der Waals surface area contributed by atoms with E-state index in [1.54, 1.807) is 25.1 Å². The molecule has 2 amide bonds. The maximum Gasteiger partial charge on any atom is 0.246 e. The predicted octanol–water partition coefficient (Wildman–Crippen LogP) is 3.37. The molecule has 0 radical (unpaired) electrons. The lowest BCUT2D eigenvalue weighted by molar-refractivity contribution is -0.117. The fourth-order valence-electron chi connectivity index (χ4n) is 2.18. The van der Waals surface area contributed by atoms with Crippen molar-refractivity contribution in [2.24, 2.45) is 5.73 Å². The van der Waals surface area contributed by atoms with E-state index in [1.165, 1.54) is 18.9 Å². The number of nitrogens with two attached hydrogens (primary N) is 1. The van der Waals surface area contributed by atoms with E-state index in [2.05, 4.69) is 10.6 Å². The van der Waals surface area contributed by atoms with Crippen LogP contribution in [-0.2, 0) is 9.59 Å². The van der Waals surface area contributed by atoms with E-state index in [0.29, 0.717) is 16.5 Å². The van der Waals surface area contributed by atoms with E-state index in [0.717, 1.165) is 10.6 Å². The van der Waals surface area contributed by atoms with Crippen LogP contribution in [0.25, 0.3) is 0 Å². The summed E-state index contributed by atoms with van der Waals surface area (Å²) in [5.74, 6) is 0.0372. The SMILES string of the molecule is COc1ccc(Cl)cc1NC(=O)[C@H](C)Nc1ccccc1SCC(N)=O. The normalized spacial score (nSPS) is 11.5. The number of hydrogen-bond acceptors (Lipinski definition) is 5. The van der Waals surface area contributed by atoms with Gasteiger partial charge in [0, 0.05) is 15.6 Å². The molecule has 2 aromatic carbocycles. The van der Waals surface area contributed by atoms with Gasteiger partial charge in [-0.1, -0.05) is 23.7 Å².